The van der Waals surface area contributed by atoms with Gasteiger partial charge < -0.3 is 10.2 Å². The van der Waals surface area contributed by atoms with Gasteiger partial charge in [-0.25, -0.2) is 8.42 Å². The molecule has 1 N–H and O–H groups in total. The number of carbonyl (C=O) groups is 2. The third-order valence-corrected chi connectivity index (χ3v) is 7.67. The molecule has 0 spiro atoms. The zero-order valence-electron chi connectivity index (χ0n) is 21.1. The van der Waals surface area contributed by atoms with Gasteiger partial charge in [-0.2, -0.15) is 0 Å². The van der Waals surface area contributed by atoms with E-state index >= 15 is 0 Å². The van der Waals surface area contributed by atoms with Gasteiger partial charge in [-0.3, -0.25) is 13.9 Å². The number of nitrogens with one attached hydrogen (secondary N) is 1. The van der Waals surface area contributed by atoms with E-state index in [1.165, 1.54) is 17.0 Å². The van der Waals surface area contributed by atoms with Crippen LogP contribution in [-0.2, 0) is 26.2 Å². The van der Waals surface area contributed by atoms with E-state index in [0.29, 0.717) is 12.2 Å². The lowest BCUT2D eigenvalue weighted by molar-refractivity contribution is -0.139. The van der Waals surface area contributed by atoms with E-state index in [2.05, 4.69) is 5.32 Å². The Labute approximate surface area is 213 Å². The molecule has 2 amide bonds. The van der Waals surface area contributed by atoms with Crippen LogP contribution in [0.5, 0.6) is 0 Å². The molecule has 36 heavy (non-hydrogen) atoms. The molecule has 1 unspecified atom stereocenters. The maximum absolute atomic E-state index is 13.7. The standard InChI is InChI=1S/C28H33N3O4S/c1-5-29-28(33)23(4)30(19-24-11-9-10-22(3)18-24)27(32)20-31(25-12-7-6-8-13-25)36(34,35)26-16-14-21(2)15-17-26/h6-18,23H,5,19-20H2,1-4H3,(H,29,33). The van der Waals surface area contributed by atoms with Crippen LogP contribution in [-0.4, -0.2) is 44.3 Å². The van der Waals surface area contributed by atoms with Crippen molar-refractivity contribution in [1.82, 2.24) is 10.2 Å². The van der Waals surface area contributed by atoms with Gasteiger partial charge in [0.15, 0.2) is 0 Å². The Balaban J connectivity index is 2.00. The molecule has 8 heteroatoms. The van der Waals surface area contributed by atoms with E-state index in [1.807, 2.05) is 45.0 Å². The minimum absolute atomic E-state index is 0.0896. The molecule has 3 rings (SSSR count). The lowest BCUT2D eigenvalue weighted by atomic mass is 10.1. The summed E-state index contributed by atoms with van der Waals surface area (Å²) in [7, 11) is -4.05. The van der Waals surface area contributed by atoms with Crippen LogP contribution in [0.3, 0.4) is 0 Å². The molecular formula is C28H33N3O4S. The Morgan fingerprint density at radius 3 is 2.17 bits per heavy atom. The van der Waals surface area contributed by atoms with E-state index in [9.17, 15) is 18.0 Å². The van der Waals surface area contributed by atoms with Crippen molar-refractivity contribution in [2.45, 2.75) is 45.2 Å². The number of sulfonamides is 1. The molecule has 0 aliphatic rings. The molecule has 3 aromatic rings. The largest absolute Gasteiger partial charge is 0.355 e. The first-order valence-electron chi connectivity index (χ1n) is 11.9. The summed E-state index contributed by atoms with van der Waals surface area (Å²) in [5, 5.41) is 2.76. The fourth-order valence-electron chi connectivity index (χ4n) is 3.87. The SMILES string of the molecule is CCNC(=O)C(C)N(Cc1cccc(C)c1)C(=O)CN(c1ccccc1)S(=O)(=O)c1ccc(C)cc1. The summed E-state index contributed by atoms with van der Waals surface area (Å²) >= 11 is 0. The van der Waals surface area contributed by atoms with Gasteiger partial charge in [-0.05, 0) is 57.5 Å². The average Bonchev–Trinajstić information content (AvgIpc) is 2.86. The highest BCUT2D eigenvalue weighted by Gasteiger charge is 2.32. The third kappa shape index (κ3) is 6.51. The monoisotopic (exact) mass is 507 g/mol. The predicted octanol–water partition coefficient (Wildman–Crippen LogP) is 4.05. The van der Waals surface area contributed by atoms with Crippen LogP contribution < -0.4 is 9.62 Å². The number of para-hydroxylation sites is 1. The van der Waals surface area contributed by atoms with E-state index < -0.39 is 28.5 Å². The van der Waals surface area contributed by atoms with Crippen molar-refractivity contribution in [1.29, 1.82) is 0 Å². The fraction of sp³-hybridized carbons (Fsp3) is 0.286. The quantitative estimate of drug-likeness (QED) is 0.449. The van der Waals surface area contributed by atoms with Crippen LogP contribution in [0.25, 0.3) is 0 Å². The van der Waals surface area contributed by atoms with Crippen LogP contribution in [0.15, 0.2) is 83.8 Å². The van der Waals surface area contributed by atoms with Crippen LogP contribution in [0.4, 0.5) is 5.69 Å². The molecule has 0 bridgehead atoms. The molecule has 0 radical (unpaired) electrons. The molecule has 0 aliphatic carbocycles. The summed E-state index contributed by atoms with van der Waals surface area (Å²) in [6.45, 7) is 7.44. The lowest BCUT2D eigenvalue weighted by Gasteiger charge is -2.32. The van der Waals surface area contributed by atoms with Crippen LogP contribution in [0.1, 0.15) is 30.5 Å². The Morgan fingerprint density at radius 2 is 1.56 bits per heavy atom. The van der Waals surface area contributed by atoms with Crippen molar-refractivity contribution in [2.24, 2.45) is 0 Å². The molecule has 190 valence electrons. The number of anilines is 1. The zero-order valence-corrected chi connectivity index (χ0v) is 22.0. The van der Waals surface area contributed by atoms with Gasteiger partial charge >= 0.3 is 0 Å². The smallest absolute Gasteiger partial charge is 0.264 e. The first-order chi connectivity index (χ1) is 17.1. The van der Waals surface area contributed by atoms with Gasteiger partial charge in [0.05, 0.1) is 10.6 Å². The molecule has 0 heterocycles. The van der Waals surface area contributed by atoms with E-state index in [4.69, 9.17) is 0 Å². The zero-order chi connectivity index (χ0) is 26.3. The molecule has 7 nitrogen and oxygen atoms in total. The number of benzene rings is 3. The van der Waals surface area contributed by atoms with Crippen molar-refractivity contribution < 1.29 is 18.0 Å². The first kappa shape index (κ1) is 26.9. The maximum atomic E-state index is 13.7. The van der Waals surface area contributed by atoms with Crippen LogP contribution >= 0.6 is 0 Å². The fourth-order valence-corrected chi connectivity index (χ4v) is 5.29. The summed E-state index contributed by atoms with van der Waals surface area (Å²) in [5.41, 5.74) is 3.18. The van der Waals surface area contributed by atoms with Gasteiger partial charge in [0, 0.05) is 13.1 Å². The number of likely N-dealkylation sites (N-methyl/N-ethyl adjacent to an activating group) is 1. The van der Waals surface area contributed by atoms with Gasteiger partial charge in [-0.15, -0.1) is 0 Å². The predicted molar refractivity (Wildman–Crippen MR) is 142 cm³/mol. The third-order valence-electron chi connectivity index (χ3n) is 5.89. The van der Waals surface area contributed by atoms with Crippen molar-refractivity contribution >= 4 is 27.5 Å². The lowest BCUT2D eigenvalue weighted by Crippen LogP contribution is -2.51. The van der Waals surface area contributed by atoms with Crippen molar-refractivity contribution in [3.63, 3.8) is 0 Å². The minimum Gasteiger partial charge on any atom is -0.355 e. The summed E-state index contributed by atoms with van der Waals surface area (Å²) in [5.74, 6) is -0.777. The highest BCUT2D eigenvalue weighted by molar-refractivity contribution is 7.92. The number of amides is 2. The minimum atomic E-state index is -4.05. The van der Waals surface area contributed by atoms with E-state index in [0.717, 1.165) is 21.0 Å². The number of carbonyl (C=O) groups excluding carboxylic acids is 2. The summed E-state index contributed by atoms with van der Waals surface area (Å²) in [4.78, 5) is 28.0. The number of hydrogen-bond donors (Lipinski definition) is 1. The summed E-state index contributed by atoms with van der Waals surface area (Å²) in [6, 6.07) is 21.9. The molecule has 0 saturated carbocycles. The highest BCUT2D eigenvalue weighted by Crippen LogP contribution is 2.24. The Morgan fingerprint density at radius 1 is 0.889 bits per heavy atom. The Kier molecular flexibility index (Phi) is 8.88. The summed E-state index contributed by atoms with van der Waals surface area (Å²) < 4.78 is 28.5. The molecule has 3 aromatic carbocycles. The molecule has 0 aromatic heterocycles. The number of rotatable bonds is 10. The van der Waals surface area contributed by atoms with Gasteiger partial charge in [-0.1, -0.05) is 65.7 Å². The second-order valence-corrected chi connectivity index (χ2v) is 10.6. The van der Waals surface area contributed by atoms with Gasteiger partial charge in [0.2, 0.25) is 11.8 Å². The van der Waals surface area contributed by atoms with Crippen LogP contribution in [0, 0.1) is 13.8 Å². The van der Waals surface area contributed by atoms with E-state index in [1.54, 1.807) is 49.4 Å². The van der Waals surface area contributed by atoms with Crippen LogP contribution in [0.2, 0.25) is 0 Å². The Bertz CT molecular complexity index is 1290. The summed E-state index contributed by atoms with van der Waals surface area (Å²) in [6.07, 6.45) is 0. The molecule has 0 saturated heterocycles. The number of nitrogens with zero attached hydrogens (tertiary/aromatic N) is 2. The Hall–Kier alpha value is -3.65. The molecular weight excluding hydrogens is 474 g/mol. The topological polar surface area (TPSA) is 86.8 Å². The normalized spacial score (nSPS) is 12.0. The van der Waals surface area contributed by atoms with Gasteiger partial charge in [0.1, 0.15) is 12.6 Å². The van der Waals surface area contributed by atoms with Crippen molar-refractivity contribution in [2.75, 3.05) is 17.4 Å². The molecule has 0 fully saturated rings. The van der Waals surface area contributed by atoms with E-state index in [-0.39, 0.29) is 17.3 Å². The van der Waals surface area contributed by atoms with Crippen molar-refractivity contribution in [3.8, 4) is 0 Å². The number of aryl methyl sites for hydroxylation is 2. The molecule has 0 aliphatic heterocycles. The first-order valence-corrected chi connectivity index (χ1v) is 13.3. The molecule has 1 atom stereocenters. The maximum Gasteiger partial charge on any atom is 0.264 e. The van der Waals surface area contributed by atoms with Gasteiger partial charge in [0.25, 0.3) is 10.0 Å². The second kappa shape index (κ2) is 11.9. The second-order valence-electron chi connectivity index (χ2n) is 8.74. The average molecular weight is 508 g/mol. The highest BCUT2D eigenvalue weighted by atomic mass is 32.2. The van der Waals surface area contributed by atoms with Crippen molar-refractivity contribution in [3.05, 3.63) is 95.6 Å². The number of hydrogen-bond acceptors (Lipinski definition) is 4.